The predicted molar refractivity (Wildman–Crippen MR) is 127 cm³/mol. The average Bonchev–Trinajstić information content (AvgIpc) is 3.17. The van der Waals surface area contributed by atoms with Crippen molar-refractivity contribution in [1.29, 1.82) is 0 Å². The van der Waals surface area contributed by atoms with Gasteiger partial charge in [0.05, 0.1) is 4.90 Å². The van der Waals surface area contributed by atoms with E-state index in [2.05, 4.69) is 38.6 Å². The summed E-state index contributed by atoms with van der Waals surface area (Å²) in [6.07, 6.45) is 1.64. The second-order valence-corrected chi connectivity index (χ2v) is 10.0. The third kappa shape index (κ3) is 4.57. The maximum atomic E-state index is 12.7. The summed E-state index contributed by atoms with van der Waals surface area (Å²) in [5.74, 6) is 0.480. The van der Waals surface area contributed by atoms with E-state index in [1.165, 1.54) is 5.56 Å². The Bertz CT molecular complexity index is 1360. The van der Waals surface area contributed by atoms with Gasteiger partial charge in [0, 0.05) is 21.3 Å². The van der Waals surface area contributed by atoms with Gasteiger partial charge in [-0.25, -0.2) is 13.4 Å². The second-order valence-electron chi connectivity index (χ2n) is 7.45. The summed E-state index contributed by atoms with van der Waals surface area (Å²) in [4.78, 5) is 4.84. The molecule has 0 amide bonds. The highest BCUT2D eigenvalue weighted by Gasteiger charge is 2.17. The molecule has 0 fully saturated rings. The summed E-state index contributed by atoms with van der Waals surface area (Å²) in [5.41, 5.74) is 6.01. The fraction of sp³-hybridized carbons (Fsp3) is 0.125. The molecule has 5 nitrogen and oxygen atoms in total. The minimum atomic E-state index is -3.69. The van der Waals surface area contributed by atoms with Crippen LogP contribution < -0.4 is 4.72 Å². The van der Waals surface area contributed by atoms with Gasteiger partial charge in [0.25, 0.3) is 10.0 Å². The van der Waals surface area contributed by atoms with Crippen LogP contribution in [0.2, 0.25) is 0 Å². The van der Waals surface area contributed by atoms with Crippen LogP contribution in [-0.4, -0.2) is 13.4 Å². The van der Waals surface area contributed by atoms with Gasteiger partial charge in [-0.2, -0.15) is 0 Å². The largest absolute Gasteiger partial charge is 0.444 e. The van der Waals surface area contributed by atoms with Crippen molar-refractivity contribution in [2.75, 3.05) is 4.72 Å². The van der Waals surface area contributed by atoms with Crippen molar-refractivity contribution in [3.05, 3.63) is 88.1 Å². The van der Waals surface area contributed by atoms with E-state index in [1.807, 2.05) is 19.1 Å². The maximum Gasteiger partial charge on any atom is 0.262 e. The topological polar surface area (TPSA) is 72.2 Å². The molecule has 4 rings (SSSR count). The molecule has 4 aromatic rings. The summed E-state index contributed by atoms with van der Waals surface area (Å²) in [6, 6.07) is 18.2. The fourth-order valence-corrected chi connectivity index (χ4v) is 5.20. The van der Waals surface area contributed by atoms with Gasteiger partial charge in [-0.15, -0.1) is 0 Å². The molecular formula is C24H21BrN2O3S. The smallest absolute Gasteiger partial charge is 0.262 e. The molecule has 0 unspecified atom stereocenters. The maximum absolute atomic E-state index is 12.7. The average molecular weight is 497 g/mol. The molecule has 0 spiro atoms. The Morgan fingerprint density at radius 1 is 0.903 bits per heavy atom. The molecule has 1 heterocycles. The van der Waals surface area contributed by atoms with Gasteiger partial charge in [0.15, 0.2) is 0 Å². The molecule has 0 saturated carbocycles. The van der Waals surface area contributed by atoms with Crippen molar-refractivity contribution in [3.8, 4) is 22.7 Å². The van der Waals surface area contributed by atoms with Gasteiger partial charge < -0.3 is 4.42 Å². The number of anilines is 1. The fourth-order valence-electron chi connectivity index (χ4n) is 3.44. The number of rotatable bonds is 5. The lowest BCUT2D eigenvalue weighted by Crippen LogP contribution is -2.14. The van der Waals surface area contributed by atoms with Crippen LogP contribution >= 0.6 is 15.9 Å². The van der Waals surface area contributed by atoms with E-state index in [-0.39, 0.29) is 4.90 Å². The minimum absolute atomic E-state index is 0.241. The lowest BCUT2D eigenvalue weighted by atomic mass is 10.0. The van der Waals surface area contributed by atoms with Crippen molar-refractivity contribution in [1.82, 2.24) is 4.98 Å². The van der Waals surface area contributed by atoms with Crippen LogP contribution in [0.1, 0.15) is 16.7 Å². The Balaban J connectivity index is 1.55. The Labute approximate surface area is 190 Å². The summed E-state index contributed by atoms with van der Waals surface area (Å²) >= 11 is 3.35. The van der Waals surface area contributed by atoms with E-state index in [0.717, 1.165) is 26.9 Å². The van der Waals surface area contributed by atoms with Crippen molar-refractivity contribution in [2.45, 2.75) is 25.7 Å². The number of aryl methyl sites for hydroxylation is 3. The Morgan fingerprint density at radius 2 is 1.65 bits per heavy atom. The summed E-state index contributed by atoms with van der Waals surface area (Å²) in [5, 5.41) is 0. The van der Waals surface area contributed by atoms with E-state index >= 15 is 0 Å². The molecule has 0 aliphatic heterocycles. The summed E-state index contributed by atoms with van der Waals surface area (Å²) in [6.45, 7) is 5.86. The first-order valence-corrected chi connectivity index (χ1v) is 11.9. The summed E-state index contributed by atoms with van der Waals surface area (Å²) < 4.78 is 34.6. The van der Waals surface area contributed by atoms with Crippen LogP contribution in [0.5, 0.6) is 0 Å². The molecule has 0 aliphatic carbocycles. The van der Waals surface area contributed by atoms with Crippen LogP contribution in [0.4, 0.5) is 5.69 Å². The Morgan fingerprint density at radius 3 is 2.32 bits per heavy atom. The molecule has 3 aromatic carbocycles. The van der Waals surface area contributed by atoms with E-state index in [0.29, 0.717) is 17.1 Å². The molecule has 0 atom stereocenters. The van der Waals surface area contributed by atoms with Gasteiger partial charge in [-0.1, -0.05) is 39.7 Å². The molecule has 0 aliphatic rings. The zero-order valence-corrected chi connectivity index (χ0v) is 19.7. The van der Waals surface area contributed by atoms with Gasteiger partial charge in [-0.05, 0) is 74.4 Å². The van der Waals surface area contributed by atoms with Crippen LogP contribution in [-0.2, 0) is 10.0 Å². The standard InChI is InChI=1S/C24H21BrN2O3S/c1-15-4-10-21(16(2)12-15)22-14-30-24(26-22)18-5-8-20(9-6-18)27-31(28,29)23-11-7-19(25)13-17(23)3/h4-14,27H,1-3H3. The third-order valence-electron chi connectivity index (χ3n) is 4.97. The predicted octanol–water partition coefficient (Wildman–Crippen LogP) is 6.50. The minimum Gasteiger partial charge on any atom is -0.444 e. The first-order chi connectivity index (χ1) is 14.7. The van der Waals surface area contributed by atoms with Crippen molar-refractivity contribution >= 4 is 31.6 Å². The highest BCUT2D eigenvalue weighted by atomic mass is 79.9. The molecule has 7 heteroatoms. The SMILES string of the molecule is Cc1ccc(-c2coc(-c3ccc(NS(=O)(=O)c4ccc(Br)cc4C)cc3)n2)c(C)c1. The Kier molecular flexibility index (Phi) is 5.73. The molecular weight excluding hydrogens is 476 g/mol. The van der Waals surface area contributed by atoms with Crippen LogP contribution in [0.15, 0.2) is 80.7 Å². The van der Waals surface area contributed by atoms with Crippen molar-refractivity contribution in [2.24, 2.45) is 0 Å². The van der Waals surface area contributed by atoms with Crippen LogP contribution in [0, 0.1) is 20.8 Å². The molecule has 0 bridgehead atoms. The summed E-state index contributed by atoms with van der Waals surface area (Å²) in [7, 11) is -3.69. The Hall–Kier alpha value is -2.90. The zero-order chi connectivity index (χ0) is 22.2. The number of hydrogen-bond acceptors (Lipinski definition) is 4. The van der Waals surface area contributed by atoms with Crippen LogP contribution in [0.25, 0.3) is 22.7 Å². The third-order valence-corrected chi connectivity index (χ3v) is 7.01. The molecule has 31 heavy (non-hydrogen) atoms. The molecule has 1 N–H and O–H groups in total. The number of nitrogens with one attached hydrogen (secondary N) is 1. The van der Waals surface area contributed by atoms with Crippen molar-refractivity contribution in [3.63, 3.8) is 0 Å². The number of hydrogen-bond donors (Lipinski definition) is 1. The van der Waals surface area contributed by atoms with Gasteiger partial charge in [0.2, 0.25) is 5.89 Å². The molecule has 0 radical (unpaired) electrons. The zero-order valence-electron chi connectivity index (χ0n) is 17.3. The van der Waals surface area contributed by atoms with E-state index in [9.17, 15) is 8.42 Å². The normalized spacial score (nSPS) is 11.5. The number of nitrogens with zero attached hydrogens (tertiary/aromatic N) is 1. The second kappa shape index (κ2) is 8.32. The molecule has 158 valence electrons. The number of halogens is 1. The highest BCUT2D eigenvalue weighted by molar-refractivity contribution is 9.10. The van der Waals surface area contributed by atoms with Crippen molar-refractivity contribution < 1.29 is 12.8 Å². The molecule has 0 saturated heterocycles. The van der Waals surface area contributed by atoms with Crippen LogP contribution in [0.3, 0.4) is 0 Å². The van der Waals surface area contributed by atoms with Gasteiger partial charge >= 0.3 is 0 Å². The van der Waals surface area contributed by atoms with E-state index < -0.39 is 10.0 Å². The molecule has 1 aromatic heterocycles. The number of benzene rings is 3. The highest BCUT2D eigenvalue weighted by Crippen LogP contribution is 2.29. The quantitative estimate of drug-likeness (QED) is 0.342. The lowest BCUT2D eigenvalue weighted by molar-refractivity contribution is 0.575. The first kappa shape index (κ1) is 21.3. The number of aromatic nitrogens is 1. The number of oxazole rings is 1. The van der Waals surface area contributed by atoms with E-state index in [4.69, 9.17) is 4.42 Å². The lowest BCUT2D eigenvalue weighted by Gasteiger charge is -2.11. The first-order valence-electron chi connectivity index (χ1n) is 9.65. The number of sulfonamides is 1. The van der Waals surface area contributed by atoms with Gasteiger partial charge in [0.1, 0.15) is 12.0 Å². The monoisotopic (exact) mass is 496 g/mol. The van der Waals surface area contributed by atoms with E-state index in [1.54, 1.807) is 55.7 Å². The van der Waals surface area contributed by atoms with Gasteiger partial charge in [-0.3, -0.25) is 4.72 Å².